The number of nitrogens with zero attached hydrogens (tertiary/aromatic N) is 2. The maximum absolute atomic E-state index is 11.5. The topological polar surface area (TPSA) is 134 Å². The van der Waals surface area contributed by atoms with Crippen molar-refractivity contribution in [2.45, 2.75) is 13.8 Å². The van der Waals surface area contributed by atoms with Crippen LogP contribution >= 0.6 is 0 Å². The molecule has 0 atom stereocenters. The van der Waals surface area contributed by atoms with Crippen LogP contribution in [0.2, 0.25) is 0 Å². The van der Waals surface area contributed by atoms with E-state index in [-0.39, 0.29) is 11.4 Å². The van der Waals surface area contributed by atoms with Crippen LogP contribution in [-0.2, 0) is 9.59 Å². The maximum Gasteiger partial charge on any atom is 0.323 e. The van der Waals surface area contributed by atoms with Gasteiger partial charge in [0, 0.05) is 5.69 Å². The van der Waals surface area contributed by atoms with Crippen LogP contribution in [0.4, 0.5) is 5.82 Å². The van der Waals surface area contributed by atoms with Crippen molar-refractivity contribution in [3.8, 4) is 0 Å². The van der Waals surface area contributed by atoms with Crippen LogP contribution in [-0.4, -0.2) is 46.1 Å². The van der Waals surface area contributed by atoms with E-state index < -0.39 is 30.9 Å². The third kappa shape index (κ3) is 3.67. The first kappa shape index (κ1) is 15.4. The molecule has 0 aromatic carbocycles. The lowest BCUT2D eigenvalue weighted by Gasteiger charge is -2.23. The third-order valence-electron chi connectivity index (χ3n) is 2.52. The first-order valence-electron chi connectivity index (χ1n) is 5.69. The minimum atomic E-state index is -1.23. The molecule has 0 unspecified atom stereocenters. The molecule has 1 heterocycles. The van der Waals surface area contributed by atoms with E-state index in [4.69, 9.17) is 15.9 Å². The van der Waals surface area contributed by atoms with Gasteiger partial charge in [0.1, 0.15) is 18.9 Å². The standard InChI is InChI=1S/C12H15N3O5/c1-6-3-7(2)14-12(10(6)11(13)20)15(4-8(16)17)5-9(18)19/h3H,4-5H2,1-2H3,(H2,13,20)(H,16,17)(H,18,19). The zero-order valence-electron chi connectivity index (χ0n) is 11.1. The molecule has 0 bridgehead atoms. The summed E-state index contributed by atoms with van der Waals surface area (Å²) in [6, 6.07) is 1.61. The van der Waals surface area contributed by atoms with E-state index in [0.717, 1.165) is 4.90 Å². The molecule has 0 aliphatic rings. The lowest BCUT2D eigenvalue weighted by Crippen LogP contribution is -2.37. The molecule has 0 spiro atoms. The van der Waals surface area contributed by atoms with E-state index in [2.05, 4.69) is 4.98 Å². The van der Waals surface area contributed by atoms with Gasteiger partial charge in [0.25, 0.3) is 5.91 Å². The van der Waals surface area contributed by atoms with Crippen LogP contribution in [0.15, 0.2) is 6.07 Å². The number of amides is 1. The van der Waals surface area contributed by atoms with E-state index in [1.807, 2.05) is 0 Å². The molecular formula is C12H15N3O5. The van der Waals surface area contributed by atoms with Gasteiger partial charge in [-0.3, -0.25) is 14.4 Å². The number of rotatable bonds is 6. The molecule has 1 aromatic rings. The largest absolute Gasteiger partial charge is 0.480 e. The fraction of sp³-hybridized carbons (Fsp3) is 0.333. The second kappa shape index (κ2) is 6.00. The van der Waals surface area contributed by atoms with Crippen LogP contribution in [0.5, 0.6) is 0 Å². The molecule has 0 saturated heterocycles. The Morgan fingerprint density at radius 2 is 1.70 bits per heavy atom. The molecular weight excluding hydrogens is 266 g/mol. The third-order valence-corrected chi connectivity index (χ3v) is 2.52. The molecule has 1 amide bonds. The number of pyridine rings is 1. The fourth-order valence-electron chi connectivity index (χ4n) is 1.88. The van der Waals surface area contributed by atoms with Crippen molar-refractivity contribution in [3.05, 3.63) is 22.9 Å². The van der Waals surface area contributed by atoms with Crippen LogP contribution in [0.1, 0.15) is 21.6 Å². The first-order valence-corrected chi connectivity index (χ1v) is 5.69. The summed E-state index contributed by atoms with van der Waals surface area (Å²) in [5.41, 5.74) is 6.34. The fourth-order valence-corrected chi connectivity index (χ4v) is 1.88. The minimum absolute atomic E-state index is 0.0260. The van der Waals surface area contributed by atoms with Gasteiger partial charge in [-0.2, -0.15) is 0 Å². The predicted molar refractivity (Wildman–Crippen MR) is 69.7 cm³/mol. The van der Waals surface area contributed by atoms with Gasteiger partial charge in [0.15, 0.2) is 0 Å². The normalized spacial score (nSPS) is 10.1. The number of aliphatic carboxylic acids is 2. The van der Waals surface area contributed by atoms with Crippen LogP contribution in [0, 0.1) is 13.8 Å². The minimum Gasteiger partial charge on any atom is -0.480 e. The van der Waals surface area contributed by atoms with Crippen molar-refractivity contribution in [1.29, 1.82) is 0 Å². The Balaban J connectivity index is 3.40. The summed E-state index contributed by atoms with van der Waals surface area (Å²) in [6.45, 7) is 2.09. The summed E-state index contributed by atoms with van der Waals surface area (Å²) in [5.74, 6) is -3.28. The summed E-state index contributed by atoms with van der Waals surface area (Å²) < 4.78 is 0. The van der Waals surface area contributed by atoms with E-state index in [1.54, 1.807) is 19.9 Å². The second-order valence-electron chi connectivity index (χ2n) is 4.29. The number of carbonyl (C=O) groups is 3. The van der Waals surface area contributed by atoms with Gasteiger partial charge in [-0.1, -0.05) is 0 Å². The molecule has 8 heteroatoms. The zero-order chi connectivity index (χ0) is 15.4. The average molecular weight is 281 g/mol. The molecule has 20 heavy (non-hydrogen) atoms. The number of anilines is 1. The second-order valence-corrected chi connectivity index (χ2v) is 4.29. The first-order chi connectivity index (χ1) is 9.22. The maximum atomic E-state index is 11.5. The monoisotopic (exact) mass is 281 g/mol. The van der Waals surface area contributed by atoms with Gasteiger partial charge in [-0.25, -0.2) is 4.98 Å². The number of carbonyl (C=O) groups excluding carboxylic acids is 1. The van der Waals surface area contributed by atoms with Crippen LogP contribution in [0.25, 0.3) is 0 Å². The van der Waals surface area contributed by atoms with Crippen molar-refractivity contribution in [3.63, 3.8) is 0 Å². The van der Waals surface area contributed by atoms with Crippen LogP contribution in [0.3, 0.4) is 0 Å². The molecule has 0 fully saturated rings. The van der Waals surface area contributed by atoms with Gasteiger partial charge in [0.2, 0.25) is 0 Å². The average Bonchev–Trinajstić information content (AvgIpc) is 2.24. The van der Waals surface area contributed by atoms with Crippen molar-refractivity contribution >= 4 is 23.7 Å². The highest BCUT2D eigenvalue weighted by Gasteiger charge is 2.23. The molecule has 4 N–H and O–H groups in total. The Bertz CT molecular complexity index is 554. The number of nitrogens with two attached hydrogens (primary N) is 1. The smallest absolute Gasteiger partial charge is 0.323 e. The number of aryl methyl sites for hydroxylation is 2. The molecule has 0 aliphatic heterocycles. The summed E-state index contributed by atoms with van der Waals surface area (Å²) in [7, 11) is 0. The number of hydrogen-bond donors (Lipinski definition) is 3. The van der Waals surface area contributed by atoms with E-state index in [9.17, 15) is 14.4 Å². The Morgan fingerprint density at radius 1 is 1.20 bits per heavy atom. The SMILES string of the molecule is Cc1cc(C)c(C(N)=O)c(N(CC(=O)O)CC(=O)O)n1. The number of carboxylic acid groups (broad SMARTS) is 2. The zero-order valence-corrected chi connectivity index (χ0v) is 11.1. The molecule has 0 radical (unpaired) electrons. The van der Waals surface area contributed by atoms with E-state index in [1.165, 1.54) is 0 Å². The molecule has 108 valence electrons. The lowest BCUT2D eigenvalue weighted by molar-refractivity contribution is -0.136. The Labute approximate surface area is 114 Å². The quantitative estimate of drug-likeness (QED) is 0.655. The van der Waals surface area contributed by atoms with E-state index in [0.29, 0.717) is 11.3 Å². The predicted octanol–water partition coefficient (Wildman–Crippen LogP) is -0.227. The molecule has 1 rings (SSSR count). The molecule has 0 aliphatic carbocycles. The summed E-state index contributed by atoms with van der Waals surface area (Å²) in [4.78, 5) is 38.2. The van der Waals surface area contributed by atoms with Gasteiger partial charge in [-0.15, -0.1) is 0 Å². The van der Waals surface area contributed by atoms with E-state index >= 15 is 0 Å². The molecule has 8 nitrogen and oxygen atoms in total. The molecule has 1 aromatic heterocycles. The van der Waals surface area contributed by atoms with Crippen molar-refractivity contribution < 1.29 is 24.6 Å². The van der Waals surface area contributed by atoms with Gasteiger partial charge >= 0.3 is 11.9 Å². The highest BCUT2D eigenvalue weighted by atomic mass is 16.4. The molecule has 0 saturated carbocycles. The van der Waals surface area contributed by atoms with Gasteiger partial charge in [-0.05, 0) is 25.5 Å². The number of primary amides is 1. The van der Waals surface area contributed by atoms with Crippen molar-refractivity contribution in [2.24, 2.45) is 5.73 Å². The van der Waals surface area contributed by atoms with Crippen LogP contribution < -0.4 is 10.6 Å². The van der Waals surface area contributed by atoms with Crippen molar-refractivity contribution in [2.75, 3.05) is 18.0 Å². The lowest BCUT2D eigenvalue weighted by atomic mass is 10.1. The Morgan fingerprint density at radius 3 is 2.10 bits per heavy atom. The highest BCUT2D eigenvalue weighted by Crippen LogP contribution is 2.22. The van der Waals surface area contributed by atoms with Crippen molar-refractivity contribution in [1.82, 2.24) is 4.98 Å². The Kier molecular flexibility index (Phi) is 4.63. The van der Waals surface area contributed by atoms with Gasteiger partial charge in [0.05, 0.1) is 5.56 Å². The summed E-state index contributed by atoms with van der Waals surface area (Å²) in [5, 5.41) is 17.7. The number of carboxylic acids is 2. The summed E-state index contributed by atoms with van der Waals surface area (Å²) in [6.07, 6.45) is 0. The Hall–Kier alpha value is -2.64. The van der Waals surface area contributed by atoms with Gasteiger partial charge < -0.3 is 20.8 Å². The number of aromatic nitrogens is 1. The summed E-state index contributed by atoms with van der Waals surface area (Å²) >= 11 is 0. The highest BCUT2D eigenvalue weighted by molar-refractivity contribution is 6.00. The number of hydrogen-bond acceptors (Lipinski definition) is 5.